The molecule has 0 saturated carbocycles. The van der Waals surface area contributed by atoms with Crippen molar-refractivity contribution in [3.05, 3.63) is 59.7 Å². The summed E-state index contributed by atoms with van der Waals surface area (Å²) in [6.07, 6.45) is 0.756. The van der Waals surface area contributed by atoms with E-state index in [1.54, 1.807) is 0 Å². The molecule has 24 heavy (non-hydrogen) atoms. The van der Waals surface area contributed by atoms with Gasteiger partial charge in [-0.25, -0.2) is 0 Å². The fourth-order valence-electron chi connectivity index (χ4n) is 1.63. The van der Waals surface area contributed by atoms with Crippen LogP contribution in [0.1, 0.15) is 20.7 Å². The third-order valence-electron chi connectivity index (χ3n) is 2.65. The quantitative estimate of drug-likeness (QED) is 0.607. The Morgan fingerprint density at radius 1 is 0.625 bits per heavy atom. The summed E-state index contributed by atoms with van der Waals surface area (Å²) < 4.78 is 59.7. The summed E-state index contributed by atoms with van der Waals surface area (Å²) >= 11 is 0. The standard InChI is InChI=1S/2C7H6O4S/c2*8-5-6-3-1-2-4-7(6)12(9,10)11/h2*1-5H,(H,9,10,11). The lowest BCUT2D eigenvalue weighted by molar-refractivity contribution is 0.111. The van der Waals surface area contributed by atoms with Gasteiger partial charge in [-0.15, -0.1) is 0 Å². The molecule has 0 aromatic heterocycles. The maximum Gasteiger partial charge on any atom is 0.295 e. The molecule has 0 heterocycles. The van der Waals surface area contributed by atoms with Gasteiger partial charge in [-0.2, -0.15) is 16.8 Å². The molecule has 0 aliphatic rings. The van der Waals surface area contributed by atoms with Gasteiger partial charge < -0.3 is 0 Å². The lowest BCUT2D eigenvalue weighted by Gasteiger charge is -1.98. The van der Waals surface area contributed by atoms with Crippen molar-refractivity contribution in [2.75, 3.05) is 0 Å². The molecule has 8 nitrogen and oxygen atoms in total. The number of hydrogen-bond donors (Lipinski definition) is 2. The first-order chi connectivity index (χ1) is 11.1. The van der Waals surface area contributed by atoms with Crippen molar-refractivity contribution in [3.8, 4) is 0 Å². The number of hydrogen-bond acceptors (Lipinski definition) is 6. The van der Waals surface area contributed by atoms with E-state index in [4.69, 9.17) is 9.11 Å². The number of benzene rings is 2. The van der Waals surface area contributed by atoms with E-state index in [1.165, 1.54) is 48.5 Å². The Balaban J connectivity index is 0.000000240. The van der Waals surface area contributed by atoms with Gasteiger partial charge in [0.25, 0.3) is 20.2 Å². The largest absolute Gasteiger partial charge is 0.298 e. The highest BCUT2D eigenvalue weighted by Gasteiger charge is 2.13. The molecule has 2 N–H and O–H groups in total. The molecular formula is C14H12O8S2. The third-order valence-corrected chi connectivity index (χ3v) is 4.50. The van der Waals surface area contributed by atoms with Crippen LogP contribution in [0.4, 0.5) is 0 Å². The van der Waals surface area contributed by atoms with Gasteiger partial charge in [-0.1, -0.05) is 36.4 Å². The normalized spacial score (nSPS) is 11.1. The summed E-state index contributed by atoms with van der Waals surface area (Å²) in [4.78, 5) is 19.9. The predicted molar refractivity (Wildman–Crippen MR) is 83.3 cm³/mol. The second kappa shape index (κ2) is 7.93. The smallest absolute Gasteiger partial charge is 0.295 e. The molecule has 0 bridgehead atoms. The third kappa shape index (κ3) is 5.35. The molecule has 0 radical (unpaired) electrons. The zero-order valence-corrected chi connectivity index (χ0v) is 13.6. The Kier molecular flexibility index (Phi) is 6.49. The summed E-state index contributed by atoms with van der Waals surface area (Å²) in [6, 6.07) is 10.8. The van der Waals surface area contributed by atoms with Crippen LogP contribution >= 0.6 is 0 Å². The number of aldehydes is 2. The molecule has 0 unspecified atom stereocenters. The minimum atomic E-state index is -4.28. The molecule has 0 atom stereocenters. The Labute approximate surface area is 138 Å². The van der Waals surface area contributed by atoms with Gasteiger partial charge in [0.15, 0.2) is 12.6 Å². The summed E-state index contributed by atoms with van der Waals surface area (Å²) in [5.74, 6) is 0. The van der Waals surface area contributed by atoms with E-state index >= 15 is 0 Å². The maximum absolute atomic E-state index is 10.6. The zero-order valence-electron chi connectivity index (χ0n) is 11.9. The molecule has 2 rings (SSSR count). The average molecular weight is 372 g/mol. The molecule has 0 amide bonds. The first kappa shape index (κ1) is 19.6. The first-order valence-electron chi connectivity index (χ1n) is 6.14. The van der Waals surface area contributed by atoms with Gasteiger partial charge in [-0.3, -0.25) is 18.7 Å². The molecule has 0 aliphatic heterocycles. The summed E-state index contributed by atoms with van der Waals surface area (Å²) in [5, 5.41) is 0. The average Bonchev–Trinajstić information content (AvgIpc) is 2.53. The topological polar surface area (TPSA) is 143 Å². The molecule has 128 valence electrons. The van der Waals surface area contributed by atoms with E-state index in [-0.39, 0.29) is 20.9 Å². The molecular weight excluding hydrogens is 360 g/mol. The molecule has 0 saturated heterocycles. The Bertz CT molecular complexity index is 867. The second-order valence-corrected chi connectivity index (χ2v) is 7.04. The van der Waals surface area contributed by atoms with Crippen LogP contribution in [0.25, 0.3) is 0 Å². The van der Waals surface area contributed by atoms with Gasteiger partial charge in [0.1, 0.15) is 9.79 Å². The van der Waals surface area contributed by atoms with Crippen LogP contribution in [-0.2, 0) is 20.2 Å². The number of rotatable bonds is 4. The van der Waals surface area contributed by atoms with Gasteiger partial charge >= 0.3 is 0 Å². The highest BCUT2D eigenvalue weighted by Crippen LogP contribution is 2.12. The minimum Gasteiger partial charge on any atom is -0.298 e. The molecule has 0 aliphatic carbocycles. The van der Waals surface area contributed by atoms with E-state index in [0.29, 0.717) is 12.6 Å². The van der Waals surface area contributed by atoms with Gasteiger partial charge in [0.2, 0.25) is 0 Å². The number of carbonyl (C=O) groups excluding carboxylic acids is 2. The van der Waals surface area contributed by atoms with Crippen LogP contribution in [0.3, 0.4) is 0 Å². The summed E-state index contributed by atoms with van der Waals surface area (Å²) in [7, 11) is -8.55. The Hall–Kier alpha value is -2.40. The SMILES string of the molecule is O=Cc1ccccc1S(=O)(=O)O.O=Cc1ccccc1S(=O)(=O)O. The Morgan fingerprint density at radius 2 is 0.917 bits per heavy atom. The van der Waals surface area contributed by atoms with E-state index in [1.807, 2.05) is 0 Å². The molecule has 0 spiro atoms. The predicted octanol–water partition coefficient (Wildman–Crippen LogP) is 1.49. The molecule has 2 aromatic carbocycles. The fourth-order valence-corrected chi connectivity index (χ4v) is 2.95. The maximum atomic E-state index is 10.6. The van der Waals surface area contributed by atoms with E-state index in [9.17, 15) is 26.4 Å². The highest BCUT2D eigenvalue weighted by molar-refractivity contribution is 7.86. The molecule has 10 heteroatoms. The van der Waals surface area contributed by atoms with Gasteiger partial charge in [-0.05, 0) is 12.1 Å². The zero-order chi connectivity index (χ0) is 18.4. The summed E-state index contributed by atoms with van der Waals surface area (Å²) in [5.41, 5.74) is -0.0833. The lowest BCUT2D eigenvalue weighted by atomic mass is 10.2. The minimum absolute atomic E-state index is 0.0417. The van der Waals surface area contributed by atoms with Crippen LogP contribution in [0.15, 0.2) is 58.3 Å². The van der Waals surface area contributed by atoms with Crippen molar-refractivity contribution in [2.24, 2.45) is 0 Å². The fraction of sp³-hybridized carbons (Fsp3) is 0. The lowest BCUT2D eigenvalue weighted by Crippen LogP contribution is -2.01. The summed E-state index contributed by atoms with van der Waals surface area (Å²) in [6.45, 7) is 0. The van der Waals surface area contributed by atoms with Crippen LogP contribution in [0, 0.1) is 0 Å². The van der Waals surface area contributed by atoms with Gasteiger partial charge in [0, 0.05) is 11.1 Å². The van der Waals surface area contributed by atoms with Crippen molar-refractivity contribution in [3.63, 3.8) is 0 Å². The van der Waals surface area contributed by atoms with Crippen molar-refractivity contribution < 1.29 is 35.5 Å². The second-order valence-electron chi connectivity index (χ2n) is 4.26. The van der Waals surface area contributed by atoms with Crippen LogP contribution < -0.4 is 0 Å². The Morgan fingerprint density at radius 3 is 1.12 bits per heavy atom. The van der Waals surface area contributed by atoms with Crippen molar-refractivity contribution in [2.45, 2.75) is 9.79 Å². The van der Waals surface area contributed by atoms with Crippen molar-refractivity contribution >= 4 is 32.8 Å². The van der Waals surface area contributed by atoms with Crippen molar-refractivity contribution in [1.82, 2.24) is 0 Å². The molecule has 0 fully saturated rings. The van der Waals surface area contributed by atoms with Crippen LogP contribution in [-0.4, -0.2) is 38.5 Å². The molecule has 2 aromatic rings. The van der Waals surface area contributed by atoms with E-state index in [0.717, 1.165) is 0 Å². The van der Waals surface area contributed by atoms with Crippen LogP contribution in [0.5, 0.6) is 0 Å². The number of carbonyl (C=O) groups is 2. The van der Waals surface area contributed by atoms with Crippen molar-refractivity contribution in [1.29, 1.82) is 0 Å². The first-order valence-corrected chi connectivity index (χ1v) is 9.02. The van der Waals surface area contributed by atoms with E-state index < -0.39 is 20.2 Å². The van der Waals surface area contributed by atoms with E-state index in [2.05, 4.69) is 0 Å². The van der Waals surface area contributed by atoms with Crippen LogP contribution in [0.2, 0.25) is 0 Å². The highest BCUT2D eigenvalue weighted by atomic mass is 32.2. The monoisotopic (exact) mass is 372 g/mol. The van der Waals surface area contributed by atoms with Gasteiger partial charge in [0.05, 0.1) is 0 Å².